The van der Waals surface area contributed by atoms with Gasteiger partial charge in [-0.15, -0.1) is 10.2 Å². The maximum Gasteiger partial charge on any atom is 0.249 e. The highest BCUT2D eigenvalue weighted by molar-refractivity contribution is 6.42. The van der Waals surface area contributed by atoms with Crippen LogP contribution in [-0.2, 0) is 0 Å². The highest BCUT2D eigenvalue weighted by Gasteiger charge is 2.31. The standard InChI is InChI=1S/C15H13Cl2N5/c16-11-5-1-4-10(14(11)17)12-6-3-9-21(12)15-20-19-13-7-2-8-18-22(13)15/h1-2,4-5,7-8,12H,3,6,9H2. The quantitative estimate of drug-likeness (QED) is 0.716. The molecule has 5 nitrogen and oxygen atoms in total. The summed E-state index contributed by atoms with van der Waals surface area (Å²) >= 11 is 12.6. The minimum absolute atomic E-state index is 0.139. The van der Waals surface area contributed by atoms with Gasteiger partial charge in [-0.05, 0) is 36.6 Å². The van der Waals surface area contributed by atoms with Crippen molar-refractivity contribution in [3.05, 3.63) is 52.1 Å². The van der Waals surface area contributed by atoms with E-state index in [1.807, 2.05) is 24.3 Å². The molecule has 0 saturated carbocycles. The molecule has 1 aromatic carbocycles. The van der Waals surface area contributed by atoms with Crippen molar-refractivity contribution in [1.82, 2.24) is 19.8 Å². The Morgan fingerprint density at radius 2 is 2.00 bits per heavy atom. The normalized spacial score (nSPS) is 18.3. The molecule has 3 heterocycles. The van der Waals surface area contributed by atoms with Crippen LogP contribution in [0.4, 0.5) is 5.95 Å². The molecule has 1 aliphatic heterocycles. The van der Waals surface area contributed by atoms with Crippen LogP contribution in [0.25, 0.3) is 5.65 Å². The Hall–Kier alpha value is -1.85. The zero-order chi connectivity index (χ0) is 15.1. The van der Waals surface area contributed by atoms with E-state index < -0.39 is 0 Å². The molecule has 0 bridgehead atoms. The molecule has 0 amide bonds. The third-order valence-corrected chi connectivity index (χ3v) is 4.85. The Kier molecular flexibility index (Phi) is 3.39. The predicted molar refractivity (Wildman–Crippen MR) is 86.6 cm³/mol. The van der Waals surface area contributed by atoms with Gasteiger partial charge in [0.1, 0.15) is 0 Å². The number of nitrogens with zero attached hydrogens (tertiary/aromatic N) is 5. The van der Waals surface area contributed by atoms with Crippen LogP contribution in [0.2, 0.25) is 10.0 Å². The van der Waals surface area contributed by atoms with Crippen molar-refractivity contribution in [1.29, 1.82) is 0 Å². The number of aromatic nitrogens is 4. The van der Waals surface area contributed by atoms with Gasteiger partial charge in [0.15, 0.2) is 5.65 Å². The van der Waals surface area contributed by atoms with E-state index in [0.29, 0.717) is 10.0 Å². The molecule has 2 aromatic heterocycles. The van der Waals surface area contributed by atoms with E-state index in [1.54, 1.807) is 16.8 Å². The summed E-state index contributed by atoms with van der Waals surface area (Å²) in [6.07, 6.45) is 3.80. The lowest BCUT2D eigenvalue weighted by Gasteiger charge is -2.25. The zero-order valence-corrected chi connectivity index (χ0v) is 13.2. The molecule has 112 valence electrons. The molecule has 0 aliphatic carbocycles. The SMILES string of the molecule is Clc1cccc(C2CCCN2c2nnc3cccnn23)c1Cl. The summed E-state index contributed by atoms with van der Waals surface area (Å²) in [6, 6.07) is 9.64. The summed E-state index contributed by atoms with van der Waals surface area (Å²) in [5.74, 6) is 0.745. The summed E-state index contributed by atoms with van der Waals surface area (Å²) in [6.45, 7) is 0.894. The van der Waals surface area contributed by atoms with Crippen LogP contribution in [0.1, 0.15) is 24.4 Å². The third kappa shape index (κ3) is 2.12. The Labute approximate surface area is 137 Å². The number of benzene rings is 1. The van der Waals surface area contributed by atoms with E-state index in [2.05, 4.69) is 20.2 Å². The largest absolute Gasteiger partial charge is 0.332 e. The summed E-state index contributed by atoms with van der Waals surface area (Å²) in [4.78, 5) is 2.20. The smallest absolute Gasteiger partial charge is 0.249 e. The van der Waals surface area contributed by atoms with Crippen molar-refractivity contribution >= 4 is 34.8 Å². The topological polar surface area (TPSA) is 46.3 Å². The van der Waals surface area contributed by atoms with Gasteiger partial charge < -0.3 is 4.90 Å². The van der Waals surface area contributed by atoms with Crippen LogP contribution < -0.4 is 4.90 Å². The molecule has 1 atom stereocenters. The van der Waals surface area contributed by atoms with E-state index in [1.165, 1.54) is 0 Å². The van der Waals surface area contributed by atoms with Crippen LogP contribution in [0.15, 0.2) is 36.5 Å². The van der Waals surface area contributed by atoms with Crippen molar-refractivity contribution in [3.63, 3.8) is 0 Å². The second-order valence-electron chi connectivity index (χ2n) is 5.29. The van der Waals surface area contributed by atoms with Crippen LogP contribution in [0.3, 0.4) is 0 Å². The van der Waals surface area contributed by atoms with E-state index in [-0.39, 0.29) is 6.04 Å². The molecule has 1 saturated heterocycles. The average molecular weight is 334 g/mol. The fourth-order valence-corrected chi connectivity index (χ4v) is 3.45. The van der Waals surface area contributed by atoms with Gasteiger partial charge in [-0.3, -0.25) is 0 Å². The van der Waals surface area contributed by atoms with E-state index in [0.717, 1.165) is 36.5 Å². The number of rotatable bonds is 2. The number of anilines is 1. The molecule has 3 aromatic rings. The average Bonchev–Trinajstić information content (AvgIpc) is 3.16. The summed E-state index contributed by atoms with van der Waals surface area (Å²) in [5, 5.41) is 14.0. The van der Waals surface area contributed by atoms with E-state index in [4.69, 9.17) is 23.2 Å². The predicted octanol–water partition coefficient (Wildman–Crippen LogP) is 3.77. The second-order valence-corrected chi connectivity index (χ2v) is 6.07. The van der Waals surface area contributed by atoms with Crippen LogP contribution >= 0.6 is 23.2 Å². The summed E-state index contributed by atoms with van der Waals surface area (Å²) < 4.78 is 1.76. The molecular formula is C15H13Cl2N5. The van der Waals surface area contributed by atoms with E-state index in [9.17, 15) is 0 Å². The number of halogens is 2. The van der Waals surface area contributed by atoms with Gasteiger partial charge in [-0.25, -0.2) is 0 Å². The molecule has 1 unspecified atom stereocenters. The first kappa shape index (κ1) is 13.8. The second kappa shape index (κ2) is 5.41. The molecule has 22 heavy (non-hydrogen) atoms. The highest BCUT2D eigenvalue weighted by Crippen LogP contribution is 2.40. The highest BCUT2D eigenvalue weighted by atomic mass is 35.5. The van der Waals surface area contributed by atoms with Crippen LogP contribution in [0, 0.1) is 0 Å². The maximum atomic E-state index is 6.40. The summed E-state index contributed by atoms with van der Waals surface area (Å²) in [7, 11) is 0. The molecule has 4 rings (SSSR count). The van der Waals surface area contributed by atoms with Crippen molar-refractivity contribution in [2.75, 3.05) is 11.4 Å². The Balaban J connectivity index is 1.80. The number of hydrogen-bond acceptors (Lipinski definition) is 4. The van der Waals surface area contributed by atoms with Crippen molar-refractivity contribution in [3.8, 4) is 0 Å². The van der Waals surface area contributed by atoms with Gasteiger partial charge in [0, 0.05) is 12.7 Å². The third-order valence-electron chi connectivity index (χ3n) is 4.01. The Bertz CT molecular complexity index is 832. The first-order chi connectivity index (χ1) is 10.8. The molecule has 0 N–H and O–H groups in total. The first-order valence-corrected chi connectivity index (χ1v) is 7.88. The van der Waals surface area contributed by atoms with Crippen molar-refractivity contribution < 1.29 is 0 Å². The van der Waals surface area contributed by atoms with Gasteiger partial charge in [0.05, 0.1) is 16.1 Å². The molecule has 1 aliphatic rings. The van der Waals surface area contributed by atoms with Gasteiger partial charge in [0.2, 0.25) is 5.95 Å². The molecular weight excluding hydrogens is 321 g/mol. The minimum Gasteiger partial charge on any atom is -0.332 e. The Morgan fingerprint density at radius 3 is 2.91 bits per heavy atom. The fourth-order valence-electron chi connectivity index (χ4n) is 3.02. The van der Waals surface area contributed by atoms with Gasteiger partial charge >= 0.3 is 0 Å². The van der Waals surface area contributed by atoms with Crippen LogP contribution in [0.5, 0.6) is 0 Å². The minimum atomic E-state index is 0.139. The lowest BCUT2D eigenvalue weighted by atomic mass is 10.0. The molecule has 1 fully saturated rings. The number of hydrogen-bond donors (Lipinski definition) is 0. The van der Waals surface area contributed by atoms with Crippen LogP contribution in [-0.4, -0.2) is 26.4 Å². The van der Waals surface area contributed by atoms with Gasteiger partial charge in [-0.2, -0.15) is 9.61 Å². The summed E-state index contributed by atoms with van der Waals surface area (Å²) in [5.41, 5.74) is 1.76. The molecule has 0 spiro atoms. The van der Waals surface area contributed by atoms with Crippen molar-refractivity contribution in [2.45, 2.75) is 18.9 Å². The van der Waals surface area contributed by atoms with Crippen molar-refractivity contribution in [2.24, 2.45) is 0 Å². The first-order valence-electron chi connectivity index (χ1n) is 7.12. The Morgan fingerprint density at radius 1 is 1.09 bits per heavy atom. The fraction of sp³-hybridized carbons (Fsp3) is 0.267. The zero-order valence-electron chi connectivity index (χ0n) is 11.7. The van der Waals surface area contributed by atoms with E-state index >= 15 is 0 Å². The number of fused-ring (bicyclic) bond motifs is 1. The molecule has 0 radical (unpaired) electrons. The lowest BCUT2D eigenvalue weighted by molar-refractivity contribution is 0.689. The van der Waals surface area contributed by atoms with Gasteiger partial charge in [-0.1, -0.05) is 35.3 Å². The monoisotopic (exact) mass is 333 g/mol. The molecule has 7 heteroatoms. The lowest BCUT2D eigenvalue weighted by Crippen LogP contribution is -2.25. The maximum absolute atomic E-state index is 6.40. The van der Waals surface area contributed by atoms with Gasteiger partial charge in [0.25, 0.3) is 0 Å².